The van der Waals surface area contributed by atoms with Crippen LogP contribution in [0.1, 0.15) is 87.6 Å². The SMILES string of the molecule is C=Cc1c2[nH]c(c1C)C=C1NC(=C3c4[nH]c(c(C)c4C(=O)C3C(=O)[O-])C=c3[nH]c(c(C)c3CC)=C2)C(CCC(=O)[O-])C1C.[K+].[K+]. The van der Waals surface area contributed by atoms with Crippen molar-refractivity contribution in [3.63, 3.8) is 0 Å². The van der Waals surface area contributed by atoms with E-state index in [9.17, 15) is 24.6 Å². The van der Waals surface area contributed by atoms with E-state index in [4.69, 9.17) is 0 Å². The van der Waals surface area contributed by atoms with Gasteiger partial charge in [-0.25, -0.2) is 0 Å². The van der Waals surface area contributed by atoms with Crippen LogP contribution in [0.2, 0.25) is 0 Å². The van der Waals surface area contributed by atoms with Crippen molar-refractivity contribution in [2.75, 3.05) is 0 Å². The van der Waals surface area contributed by atoms with E-state index in [1.807, 2.05) is 39.0 Å². The third kappa shape index (κ3) is 6.03. The Bertz CT molecular complexity index is 1960. The Kier molecular flexibility index (Phi) is 11.2. The number of aromatic nitrogens is 3. The number of carboxylic acid groups (broad SMARTS) is 2. The molecule has 222 valence electrons. The molecule has 0 amide bonds. The first-order chi connectivity index (χ1) is 20.5. The number of aromatic amines is 3. The Morgan fingerprint density at radius 1 is 0.933 bits per heavy atom. The van der Waals surface area contributed by atoms with Gasteiger partial charge in [0.05, 0.1) is 17.6 Å². The van der Waals surface area contributed by atoms with Gasteiger partial charge in [-0.3, -0.25) is 4.79 Å². The summed E-state index contributed by atoms with van der Waals surface area (Å²) in [4.78, 5) is 48.3. The number of carboxylic acids is 2. The van der Waals surface area contributed by atoms with Gasteiger partial charge in [-0.05, 0) is 80.5 Å². The Balaban J connectivity index is 0.00000230. The minimum Gasteiger partial charge on any atom is -0.550 e. The minimum absolute atomic E-state index is 0. The van der Waals surface area contributed by atoms with Crippen LogP contribution in [0.5, 0.6) is 0 Å². The fourth-order valence-electron chi connectivity index (χ4n) is 7.15. The number of H-pyrrole nitrogens is 3. The Morgan fingerprint density at radius 2 is 1.60 bits per heavy atom. The van der Waals surface area contributed by atoms with Gasteiger partial charge in [0.15, 0.2) is 5.78 Å². The van der Waals surface area contributed by atoms with Gasteiger partial charge in [0.1, 0.15) is 0 Å². The normalized spacial score (nSPS) is 19.5. The largest absolute Gasteiger partial charge is 1.00 e. The molecule has 8 bridgehead atoms. The molecule has 3 aromatic rings. The fourth-order valence-corrected chi connectivity index (χ4v) is 7.15. The van der Waals surface area contributed by atoms with E-state index >= 15 is 0 Å². The van der Waals surface area contributed by atoms with E-state index in [2.05, 4.69) is 46.8 Å². The second-order valence-electron chi connectivity index (χ2n) is 11.8. The Labute approximate surface area is 346 Å². The number of hydrogen-bond donors (Lipinski definition) is 4. The molecule has 1 saturated heterocycles. The quantitative estimate of drug-likeness (QED) is 0.155. The molecule has 3 unspecified atom stereocenters. The van der Waals surface area contributed by atoms with Gasteiger partial charge in [0.25, 0.3) is 0 Å². The van der Waals surface area contributed by atoms with E-state index < -0.39 is 29.6 Å². The molecule has 0 spiro atoms. The molecular formula is C34H34K2N4O5. The van der Waals surface area contributed by atoms with Gasteiger partial charge in [0.2, 0.25) is 0 Å². The molecule has 9 nitrogen and oxygen atoms in total. The van der Waals surface area contributed by atoms with E-state index in [1.54, 1.807) is 0 Å². The standard InChI is InChI=1S/C34H36N4O5.2K/c1-7-18-14(3)21-11-23-16(5)20(9-10-27(39)40)31(37-23)29-30(34(42)43)33(41)28-17(6)24(38-32(28)29)13-26-19(8-2)15(4)22(36-26)12-25(18)35-21;;/h7,11-13,16,20,30,35-38H,1,8-10H2,2-6H3,(H,39,40)(H,42,43);;/q;2*+1/p-2. The first-order valence-corrected chi connectivity index (χ1v) is 14.6. The third-order valence-corrected chi connectivity index (χ3v) is 9.54. The van der Waals surface area contributed by atoms with Crippen molar-refractivity contribution in [3.05, 3.63) is 84.8 Å². The molecule has 0 aromatic carbocycles. The van der Waals surface area contributed by atoms with Crippen LogP contribution in [0.15, 0.2) is 18.0 Å². The number of aliphatic carboxylic acids is 2. The zero-order chi connectivity index (χ0) is 30.9. The summed E-state index contributed by atoms with van der Waals surface area (Å²) >= 11 is 0. The van der Waals surface area contributed by atoms with Gasteiger partial charge >= 0.3 is 103 Å². The van der Waals surface area contributed by atoms with Crippen molar-refractivity contribution >= 4 is 47.6 Å². The summed E-state index contributed by atoms with van der Waals surface area (Å²) in [6.45, 7) is 14.0. The summed E-state index contributed by atoms with van der Waals surface area (Å²) in [6, 6.07) is 0. The summed E-state index contributed by atoms with van der Waals surface area (Å²) in [5.41, 5.74) is 9.63. The number of ketones is 1. The van der Waals surface area contributed by atoms with Crippen molar-refractivity contribution in [1.29, 1.82) is 0 Å². The molecule has 3 aromatic heterocycles. The molecular weight excluding hydrogens is 623 g/mol. The maximum Gasteiger partial charge on any atom is 1.00 e. The predicted molar refractivity (Wildman–Crippen MR) is 160 cm³/mol. The maximum atomic E-state index is 13.7. The Hall–Kier alpha value is -1.52. The van der Waals surface area contributed by atoms with Gasteiger partial charge in [0, 0.05) is 73.7 Å². The number of rotatable bonds is 6. The molecule has 0 saturated carbocycles. The van der Waals surface area contributed by atoms with E-state index in [0.717, 1.165) is 56.5 Å². The third-order valence-electron chi connectivity index (χ3n) is 9.54. The number of Topliss-reactive ketones (excluding diaryl/α,β-unsaturated/α-hetero) is 1. The number of nitrogens with one attached hydrogen (secondary N) is 4. The van der Waals surface area contributed by atoms with E-state index in [0.29, 0.717) is 33.8 Å². The molecule has 0 radical (unpaired) electrons. The molecule has 5 heterocycles. The average molecular weight is 657 g/mol. The molecule has 4 N–H and O–H groups in total. The van der Waals surface area contributed by atoms with Crippen LogP contribution in [-0.4, -0.2) is 32.7 Å². The number of hydrogen-bond acceptors (Lipinski definition) is 6. The molecule has 11 heteroatoms. The molecule has 6 rings (SSSR count). The van der Waals surface area contributed by atoms with Crippen LogP contribution in [0, 0.1) is 38.5 Å². The number of carbonyl (C=O) groups is 3. The molecule has 45 heavy (non-hydrogen) atoms. The second kappa shape index (κ2) is 13.9. The summed E-state index contributed by atoms with van der Waals surface area (Å²) in [7, 11) is 0. The van der Waals surface area contributed by atoms with Crippen LogP contribution in [0.4, 0.5) is 0 Å². The number of fused-ring (bicyclic) bond motifs is 7. The van der Waals surface area contributed by atoms with E-state index in [1.165, 1.54) is 0 Å². The second-order valence-corrected chi connectivity index (χ2v) is 11.8. The summed E-state index contributed by atoms with van der Waals surface area (Å²) in [5, 5.41) is 29.3. The van der Waals surface area contributed by atoms with E-state index in [-0.39, 0.29) is 122 Å². The topological polar surface area (TPSA) is 157 Å². The zero-order valence-corrected chi connectivity index (χ0v) is 33.2. The maximum absolute atomic E-state index is 13.7. The molecule has 1 fully saturated rings. The van der Waals surface area contributed by atoms with Gasteiger partial charge in [-0.1, -0.05) is 26.5 Å². The Morgan fingerprint density at radius 3 is 2.22 bits per heavy atom. The van der Waals surface area contributed by atoms with Gasteiger partial charge in [-0.2, -0.15) is 0 Å². The van der Waals surface area contributed by atoms with Crippen molar-refractivity contribution in [1.82, 2.24) is 20.3 Å². The monoisotopic (exact) mass is 656 g/mol. The van der Waals surface area contributed by atoms with Gasteiger partial charge < -0.3 is 40.1 Å². The zero-order valence-electron chi connectivity index (χ0n) is 26.9. The number of allylic oxidation sites excluding steroid dienone is 2. The molecule has 1 aliphatic carbocycles. The fraction of sp³-hybridized carbons (Fsp3) is 0.324. The predicted octanol–water partition coefficient (Wildman–Crippen LogP) is -4.52. The first kappa shape index (κ1) is 36.3. The molecule has 2 aliphatic heterocycles. The average Bonchev–Trinajstić information content (AvgIpc) is 3.68. The van der Waals surface area contributed by atoms with Crippen molar-refractivity contribution in [2.24, 2.45) is 17.8 Å². The summed E-state index contributed by atoms with van der Waals surface area (Å²) < 4.78 is 0. The van der Waals surface area contributed by atoms with Crippen LogP contribution in [0.25, 0.3) is 29.9 Å². The van der Waals surface area contributed by atoms with Crippen LogP contribution in [0.3, 0.4) is 0 Å². The minimum atomic E-state index is -1.52. The van der Waals surface area contributed by atoms with Crippen molar-refractivity contribution < 1.29 is 127 Å². The summed E-state index contributed by atoms with van der Waals surface area (Å²) in [6.07, 6.45) is 8.62. The van der Waals surface area contributed by atoms with Crippen LogP contribution in [-0.2, 0) is 16.0 Å². The number of carbonyl (C=O) groups excluding carboxylic acids is 3. The molecule has 3 aliphatic rings. The smallest absolute Gasteiger partial charge is 0.550 e. The van der Waals surface area contributed by atoms with Crippen molar-refractivity contribution in [3.8, 4) is 0 Å². The first-order valence-electron chi connectivity index (χ1n) is 14.6. The van der Waals surface area contributed by atoms with Crippen LogP contribution >= 0.6 is 0 Å². The van der Waals surface area contributed by atoms with Crippen LogP contribution < -0.4 is 129 Å². The van der Waals surface area contributed by atoms with Gasteiger partial charge in [-0.15, -0.1) is 0 Å². The molecule has 3 atom stereocenters. The van der Waals surface area contributed by atoms with Crippen molar-refractivity contribution in [2.45, 2.75) is 53.9 Å². The summed E-state index contributed by atoms with van der Waals surface area (Å²) in [5.74, 6) is -5.34.